The largest absolute Gasteiger partial charge is 0.467 e. The molecule has 0 saturated carbocycles. The van der Waals surface area contributed by atoms with Crippen molar-refractivity contribution in [3.8, 4) is 0 Å². The van der Waals surface area contributed by atoms with Crippen molar-refractivity contribution in [3.05, 3.63) is 59.8 Å². The predicted octanol–water partition coefficient (Wildman–Crippen LogP) is 4.08. The van der Waals surface area contributed by atoms with Crippen molar-refractivity contribution in [2.75, 3.05) is 45.9 Å². The Balaban J connectivity index is 1.67. The van der Waals surface area contributed by atoms with Gasteiger partial charge >= 0.3 is 0 Å². The van der Waals surface area contributed by atoms with Gasteiger partial charge in [0.1, 0.15) is 11.6 Å². The lowest BCUT2D eigenvalue weighted by Crippen LogP contribution is -2.47. The molecule has 2 heterocycles. The number of hydrogen-bond donors (Lipinski definition) is 0. The first kappa shape index (κ1) is 26.9. The monoisotopic (exact) mass is 487 g/mol. The molecule has 0 unspecified atom stereocenters. The summed E-state index contributed by atoms with van der Waals surface area (Å²) in [6.45, 7) is 7.02. The molecular weight excluding hydrogens is 449 g/mol. The van der Waals surface area contributed by atoms with Crippen LogP contribution in [-0.2, 0) is 27.4 Å². The standard InChI is InChI=1S/C27H38FN3O4/c1-2-3-4-5-8-26(32)30(14-13-29-15-18-34-19-16-29)22-27(33)31(21-25-7-6-17-35-25)20-23-9-11-24(28)12-10-23/h6-7,9-12,17H,2-5,8,13-16,18-22H2,1H3. The Morgan fingerprint density at radius 1 is 0.971 bits per heavy atom. The second-order valence-corrected chi connectivity index (χ2v) is 9.04. The van der Waals surface area contributed by atoms with Crippen LogP contribution in [0.3, 0.4) is 0 Å². The Hall–Kier alpha value is -2.71. The highest BCUT2D eigenvalue weighted by atomic mass is 19.1. The number of unbranched alkanes of at least 4 members (excludes halogenated alkanes) is 3. The van der Waals surface area contributed by atoms with E-state index in [1.165, 1.54) is 12.1 Å². The Bertz CT molecular complexity index is 882. The maximum absolute atomic E-state index is 13.5. The molecule has 1 fully saturated rings. The molecule has 3 rings (SSSR count). The van der Waals surface area contributed by atoms with E-state index in [-0.39, 0.29) is 30.7 Å². The number of amides is 2. The molecule has 1 saturated heterocycles. The highest BCUT2D eigenvalue weighted by Gasteiger charge is 2.23. The molecule has 1 aromatic carbocycles. The normalized spacial score (nSPS) is 14.1. The number of ether oxygens (including phenoxy) is 1. The summed E-state index contributed by atoms with van der Waals surface area (Å²) < 4.78 is 24.3. The highest BCUT2D eigenvalue weighted by molar-refractivity contribution is 5.84. The average Bonchev–Trinajstić information content (AvgIpc) is 3.39. The van der Waals surface area contributed by atoms with Gasteiger partial charge in [0, 0.05) is 39.1 Å². The molecule has 1 aromatic heterocycles. The summed E-state index contributed by atoms with van der Waals surface area (Å²) in [4.78, 5) is 32.2. The smallest absolute Gasteiger partial charge is 0.242 e. The molecule has 0 N–H and O–H groups in total. The summed E-state index contributed by atoms with van der Waals surface area (Å²) in [5.41, 5.74) is 0.817. The van der Waals surface area contributed by atoms with Crippen molar-refractivity contribution in [3.63, 3.8) is 0 Å². The molecule has 0 radical (unpaired) electrons. The van der Waals surface area contributed by atoms with E-state index in [1.807, 2.05) is 6.07 Å². The summed E-state index contributed by atoms with van der Waals surface area (Å²) >= 11 is 0. The van der Waals surface area contributed by atoms with E-state index in [2.05, 4.69) is 11.8 Å². The minimum atomic E-state index is -0.319. The van der Waals surface area contributed by atoms with E-state index in [0.717, 1.165) is 44.3 Å². The fourth-order valence-electron chi connectivity index (χ4n) is 4.14. The maximum Gasteiger partial charge on any atom is 0.242 e. The fraction of sp³-hybridized carbons (Fsp3) is 0.556. The summed E-state index contributed by atoms with van der Waals surface area (Å²) in [5, 5.41) is 0. The van der Waals surface area contributed by atoms with Crippen molar-refractivity contribution in [2.24, 2.45) is 0 Å². The van der Waals surface area contributed by atoms with Gasteiger partial charge in [0.15, 0.2) is 0 Å². The minimum Gasteiger partial charge on any atom is -0.467 e. The molecule has 0 atom stereocenters. The summed E-state index contributed by atoms with van der Waals surface area (Å²) in [7, 11) is 0. The molecule has 7 nitrogen and oxygen atoms in total. The predicted molar refractivity (Wildman–Crippen MR) is 132 cm³/mol. The summed E-state index contributed by atoms with van der Waals surface area (Å²) in [6.07, 6.45) is 6.09. The third kappa shape index (κ3) is 9.45. The first-order chi connectivity index (χ1) is 17.0. The van der Waals surface area contributed by atoms with Crippen LogP contribution in [0.4, 0.5) is 4.39 Å². The van der Waals surface area contributed by atoms with Crippen molar-refractivity contribution in [1.29, 1.82) is 0 Å². The third-order valence-electron chi connectivity index (χ3n) is 6.28. The van der Waals surface area contributed by atoms with Gasteiger partial charge in [-0.25, -0.2) is 4.39 Å². The number of morpholine rings is 1. The molecule has 1 aliphatic heterocycles. The number of carbonyl (C=O) groups is 2. The maximum atomic E-state index is 13.5. The van der Waals surface area contributed by atoms with Crippen LogP contribution in [0.1, 0.15) is 50.4 Å². The van der Waals surface area contributed by atoms with E-state index in [4.69, 9.17) is 9.15 Å². The third-order valence-corrected chi connectivity index (χ3v) is 6.28. The van der Waals surface area contributed by atoms with E-state index >= 15 is 0 Å². The second kappa shape index (κ2) is 14.6. The lowest BCUT2D eigenvalue weighted by Gasteiger charge is -2.31. The van der Waals surface area contributed by atoms with Crippen LogP contribution in [0.5, 0.6) is 0 Å². The molecule has 0 bridgehead atoms. The van der Waals surface area contributed by atoms with Gasteiger partial charge in [-0.1, -0.05) is 38.3 Å². The van der Waals surface area contributed by atoms with Gasteiger partial charge in [-0.15, -0.1) is 0 Å². The quantitative estimate of drug-likeness (QED) is 0.376. The topological polar surface area (TPSA) is 66.2 Å². The number of benzene rings is 1. The molecule has 0 spiro atoms. The van der Waals surface area contributed by atoms with Crippen molar-refractivity contribution in [1.82, 2.24) is 14.7 Å². The Morgan fingerprint density at radius 3 is 2.43 bits per heavy atom. The number of carbonyl (C=O) groups excluding carboxylic acids is 2. The number of rotatable bonds is 14. The lowest BCUT2D eigenvalue weighted by atomic mass is 10.1. The Morgan fingerprint density at radius 2 is 1.74 bits per heavy atom. The molecular formula is C27H38FN3O4. The molecule has 35 heavy (non-hydrogen) atoms. The van der Waals surface area contributed by atoms with Crippen LogP contribution in [-0.4, -0.2) is 72.5 Å². The fourth-order valence-corrected chi connectivity index (χ4v) is 4.14. The summed E-state index contributed by atoms with van der Waals surface area (Å²) in [5.74, 6) is 0.198. The zero-order valence-electron chi connectivity index (χ0n) is 20.8. The zero-order valence-corrected chi connectivity index (χ0v) is 20.8. The van der Waals surface area contributed by atoms with E-state index < -0.39 is 0 Å². The lowest BCUT2D eigenvalue weighted by molar-refractivity contribution is -0.141. The van der Waals surface area contributed by atoms with Crippen molar-refractivity contribution < 1.29 is 23.1 Å². The van der Waals surface area contributed by atoms with Crippen LogP contribution in [0.15, 0.2) is 47.1 Å². The van der Waals surface area contributed by atoms with Gasteiger partial charge in [0.2, 0.25) is 11.8 Å². The second-order valence-electron chi connectivity index (χ2n) is 9.04. The number of nitrogens with zero attached hydrogens (tertiary/aromatic N) is 3. The summed E-state index contributed by atoms with van der Waals surface area (Å²) in [6, 6.07) is 9.72. The van der Waals surface area contributed by atoms with Gasteiger partial charge in [0.25, 0.3) is 0 Å². The van der Waals surface area contributed by atoms with E-state index in [1.54, 1.807) is 34.3 Å². The first-order valence-electron chi connectivity index (χ1n) is 12.7. The Labute approximate surface area is 207 Å². The van der Waals surface area contributed by atoms with E-state index in [0.29, 0.717) is 45.0 Å². The molecule has 1 aliphatic rings. The minimum absolute atomic E-state index is 0.0128. The number of hydrogen-bond acceptors (Lipinski definition) is 5. The van der Waals surface area contributed by atoms with Gasteiger partial charge in [-0.05, 0) is 36.2 Å². The van der Waals surface area contributed by atoms with Crippen LogP contribution < -0.4 is 0 Å². The Kier molecular flexibility index (Phi) is 11.2. The van der Waals surface area contributed by atoms with E-state index in [9.17, 15) is 14.0 Å². The first-order valence-corrected chi connectivity index (χ1v) is 12.7. The van der Waals surface area contributed by atoms with Crippen LogP contribution in [0.25, 0.3) is 0 Å². The van der Waals surface area contributed by atoms with Gasteiger partial charge in [0.05, 0.1) is 32.6 Å². The van der Waals surface area contributed by atoms with Crippen LogP contribution >= 0.6 is 0 Å². The highest BCUT2D eigenvalue weighted by Crippen LogP contribution is 2.14. The van der Waals surface area contributed by atoms with Crippen LogP contribution in [0.2, 0.25) is 0 Å². The van der Waals surface area contributed by atoms with Crippen molar-refractivity contribution >= 4 is 11.8 Å². The van der Waals surface area contributed by atoms with Gasteiger partial charge < -0.3 is 19.0 Å². The SMILES string of the molecule is CCCCCCC(=O)N(CCN1CCOCC1)CC(=O)N(Cc1ccc(F)cc1)Cc1ccco1. The van der Waals surface area contributed by atoms with Gasteiger partial charge in [-0.3, -0.25) is 14.5 Å². The van der Waals surface area contributed by atoms with Crippen LogP contribution in [0, 0.1) is 5.82 Å². The molecule has 192 valence electrons. The number of furan rings is 1. The average molecular weight is 488 g/mol. The van der Waals surface area contributed by atoms with Gasteiger partial charge in [-0.2, -0.15) is 0 Å². The molecule has 2 aromatic rings. The molecule has 8 heteroatoms. The molecule has 0 aliphatic carbocycles. The molecule has 2 amide bonds. The zero-order chi connectivity index (χ0) is 24.9. The number of halogens is 1. The van der Waals surface area contributed by atoms with Crippen molar-refractivity contribution in [2.45, 2.75) is 52.1 Å².